The van der Waals surface area contributed by atoms with Gasteiger partial charge in [0.1, 0.15) is 0 Å². The summed E-state index contributed by atoms with van der Waals surface area (Å²) in [6.07, 6.45) is 1.34. The molecule has 2 aromatic carbocycles. The summed E-state index contributed by atoms with van der Waals surface area (Å²) in [5, 5.41) is 1.76. The van der Waals surface area contributed by atoms with Gasteiger partial charge in [0.05, 0.1) is 17.4 Å². The Hall–Kier alpha value is -2.45. The zero-order valence-corrected chi connectivity index (χ0v) is 16.0. The van der Waals surface area contributed by atoms with E-state index in [9.17, 15) is 18.0 Å². The summed E-state index contributed by atoms with van der Waals surface area (Å²) < 4.78 is 26.7. The molecule has 3 rings (SSSR count). The number of hydrogen-bond acceptors (Lipinski definition) is 4. The van der Waals surface area contributed by atoms with Crippen molar-refractivity contribution in [2.75, 3.05) is 26.7 Å². The molecule has 0 bridgehead atoms. The molecule has 27 heavy (non-hydrogen) atoms. The lowest BCUT2D eigenvalue weighted by atomic mass is 9.97. The van der Waals surface area contributed by atoms with E-state index in [4.69, 9.17) is 5.73 Å². The van der Waals surface area contributed by atoms with Gasteiger partial charge in [-0.2, -0.15) is 4.31 Å². The van der Waals surface area contributed by atoms with Gasteiger partial charge in [0.2, 0.25) is 21.8 Å². The van der Waals surface area contributed by atoms with Crippen molar-refractivity contribution in [1.29, 1.82) is 0 Å². The highest BCUT2D eigenvalue weighted by Gasteiger charge is 2.30. The third-order valence-electron chi connectivity index (χ3n) is 4.96. The number of rotatable bonds is 5. The van der Waals surface area contributed by atoms with E-state index < -0.39 is 15.9 Å². The number of likely N-dealkylation sites (tertiary alicyclic amines) is 1. The molecule has 0 unspecified atom stereocenters. The number of carbonyl (C=O) groups is 2. The van der Waals surface area contributed by atoms with Crippen LogP contribution < -0.4 is 5.73 Å². The van der Waals surface area contributed by atoms with Gasteiger partial charge < -0.3 is 10.6 Å². The fourth-order valence-corrected chi connectivity index (χ4v) is 4.48. The molecule has 0 spiro atoms. The number of amides is 2. The molecule has 0 radical (unpaired) electrons. The van der Waals surface area contributed by atoms with E-state index in [-0.39, 0.29) is 29.8 Å². The molecule has 2 amide bonds. The van der Waals surface area contributed by atoms with E-state index in [2.05, 4.69) is 0 Å². The van der Waals surface area contributed by atoms with Crippen LogP contribution in [0.25, 0.3) is 10.8 Å². The van der Waals surface area contributed by atoms with Gasteiger partial charge in [0.25, 0.3) is 0 Å². The van der Waals surface area contributed by atoms with Crippen LogP contribution in [0.15, 0.2) is 47.4 Å². The SMILES string of the molecule is CN(CC(=O)N1CCC[C@@H](C(N)=O)C1)S(=O)(=O)c1ccc2ccccc2c1. The second kappa shape index (κ2) is 7.66. The normalized spacial score (nSPS) is 18.0. The molecular weight excluding hydrogens is 366 g/mol. The molecule has 8 heteroatoms. The predicted octanol–water partition coefficient (Wildman–Crippen LogP) is 1.18. The first-order chi connectivity index (χ1) is 12.8. The van der Waals surface area contributed by atoms with Crippen LogP contribution >= 0.6 is 0 Å². The maximum atomic E-state index is 12.8. The Morgan fingerprint density at radius 3 is 2.59 bits per heavy atom. The average molecular weight is 389 g/mol. The molecule has 1 aliphatic heterocycles. The smallest absolute Gasteiger partial charge is 0.243 e. The Balaban J connectivity index is 1.74. The first-order valence-corrected chi connectivity index (χ1v) is 10.3. The van der Waals surface area contributed by atoms with Crippen molar-refractivity contribution in [1.82, 2.24) is 9.21 Å². The molecule has 7 nitrogen and oxygen atoms in total. The fraction of sp³-hybridized carbons (Fsp3) is 0.368. The highest BCUT2D eigenvalue weighted by atomic mass is 32.2. The van der Waals surface area contributed by atoms with Crippen LogP contribution in [0.2, 0.25) is 0 Å². The van der Waals surface area contributed by atoms with Crippen molar-refractivity contribution in [3.63, 3.8) is 0 Å². The third kappa shape index (κ3) is 4.12. The van der Waals surface area contributed by atoms with E-state index in [0.29, 0.717) is 19.4 Å². The molecule has 1 fully saturated rings. The Morgan fingerprint density at radius 1 is 1.19 bits per heavy atom. The molecule has 1 saturated heterocycles. The molecule has 0 aliphatic carbocycles. The number of fused-ring (bicyclic) bond motifs is 1. The minimum absolute atomic E-state index is 0.144. The lowest BCUT2D eigenvalue weighted by Gasteiger charge is -2.32. The van der Waals surface area contributed by atoms with Crippen LogP contribution in [-0.4, -0.2) is 56.1 Å². The van der Waals surface area contributed by atoms with Crippen molar-refractivity contribution in [3.05, 3.63) is 42.5 Å². The topological polar surface area (TPSA) is 101 Å². The zero-order valence-electron chi connectivity index (χ0n) is 15.2. The van der Waals surface area contributed by atoms with E-state index >= 15 is 0 Å². The Labute approximate surface area is 158 Å². The molecule has 144 valence electrons. The molecule has 1 atom stereocenters. The number of likely N-dealkylation sites (N-methyl/N-ethyl adjacent to an activating group) is 1. The third-order valence-corrected chi connectivity index (χ3v) is 6.76. The van der Waals surface area contributed by atoms with Crippen LogP contribution in [0.4, 0.5) is 0 Å². The summed E-state index contributed by atoms with van der Waals surface area (Å²) in [4.78, 5) is 25.6. The van der Waals surface area contributed by atoms with Gasteiger partial charge in [-0.1, -0.05) is 30.3 Å². The van der Waals surface area contributed by atoms with Gasteiger partial charge in [0.15, 0.2) is 0 Å². The van der Waals surface area contributed by atoms with E-state index in [1.54, 1.807) is 18.2 Å². The quantitative estimate of drug-likeness (QED) is 0.830. The number of benzene rings is 2. The van der Waals surface area contributed by atoms with Crippen molar-refractivity contribution in [2.45, 2.75) is 17.7 Å². The van der Waals surface area contributed by atoms with Gasteiger partial charge in [-0.3, -0.25) is 9.59 Å². The lowest BCUT2D eigenvalue weighted by molar-refractivity contribution is -0.134. The zero-order chi connectivity index (χ0) is 19.6. The standard InChI is InChI=1S/C19H23N3O4S/c1-21(13-18(23)22-10-4-7-16(12-22)19(20)24)27(25,26)17-9-8-14-5-2-3-6-15(14)11-17/h2-3,5-6,8-9,11,16H,4,7,10,12-13H2,1H3,(H2,20,24)/t16-/m1/s1. The first-order valence-electron chi connectivity index (χ1n) is 8.81. The molecule has 0 saturated carbocycles. The van der Waals surface area contributed by atoms with Crippen molar-refractivity contribution in [2.24, 2.45) is 11.7 Å². The molecule has 1 heterocycles. The molecule has 2 N–H and O–H groups in total. The first kappa shape index (κ1) is 19.3. The Kier molecular flexibility index (Phi) is 5.48. The summed E-state index contributed by atoms with van der Waals surface area (Å²) >= 11 is 0. The van der Waals surface area contributed by atoms with Gasteiger partial charge in [0, 0.05) is 20.1 Å². The minimum atomic E-state index is -3.80. The highest BCUT2D eigenvalue weighted by molar-refractivity contribution is 7.89. The summed E-state index contributed by atoms with van der Waals surface area (Å²) in [6, 6.07) is 12.4. The van der Waals surface area contributed by atoms with E-state index in [0.717, 1.165) is 15.1 Å². The van der Waals surface area contributed by atoms with Crippen LogP contribution in [0.5, 0.6) is 0 Å². The Bertz CT molecular complexity index is 974. The monoisotopic (exact) mass is 389 g/mol. The van der Waals surface area contributed by atoms with Gasteiger partial charge in [-0.05, 0) is 35.7 Å². The Morgan fingerprint density at radius 2 is 1.89 bits per heavy atom. The second-order valence-electron chi connectivity index (χ2n) is 6.85. The number of sulfonamides is 1. The van der Waals surface area contributed by atoms with E-state index in [1.165, 1.54) is 11.9 Å². The van der Waals surface area contributed by atoms with Crippen LogP contribution in [-0.2, 0) is 19.6 Å². The summed E-state index contributed by atoms with van der Waals surface area (Å²) in [5.74, 6) is -1.12. The summed E-state index contributed by atoms with van der Waals surface area (Å²) in [5.41, 5.74) is 5.34. The molecule has 2 aromatic rings. The van der Waals surface area contributed by atoms with Crippen LogP contribution in [0.3, 0.4) is 0 Å². The molecule has 0 aromatic heterocycles. The van der Waals surface area contributed by atoms with Crippen molar-refractivity contribution >= 4 is 32.6 Å². The second-order valence-corrected chi connectivity index (χ2v) is 8.90. The summed E-state index contributed by atoms with van der Waals surface area (Å²) in [6.45, 7) is 0.477. The number of nitrogens with zero attached hydrogens (tertiary/aromatic N) is 2. The number of nitrogens with two attached hydrogens (primary N) is 1. The van der Waals surface area contributed by atoms with Gasteiger partial charge in [-0.25, -0.2) is 8.42 Å². The number of piperidine rings is 1. The highest BCUT2D eigenvalue weighted by Crippen LogP contribution is 2.22. The maximum absolute atomic E-state index is 12.8. The minimum Gasteiger partial charge on any atom is -0.369 e. The fourth-order valence-electron chi connectivity index (χ4n) is 3.32. The van der Waals surface area contributed by atoms with Crippen molar-refractivity contribution in [3.8, 4) is 0 Å². The van der Waals surface area contributed by atoms with Crippen LogP contribution in [0.1, 0.15) is 12.8 Å². The van der Waals surface area contributed by atoms with Gasteiger partial charge >= 0.3 is 0 Å². The van der Waals surface area contributed by atoms with Crippen molar-refractivity contribution < 1.29 is 18.0 Å². The van der Waals surface area contributed by atoms with E-state index in [1.807, 2.05) is 24.3 Å². The lowest BCUT2D eigenvalue weighted by Crippen LogP contribution is -2.47. The number of carbonyl (C=O) groups excluding carboxylic acids is 2. The average Bonchev–Trinajstić information content (AvgIpc) is 2.67. The largest absolute Gasteiger partial charge is 0.369 e. The number of primary amides is 1. The number of hydrogen-bond donors (Lipinski definition) is 1. The molecule has 1 aliphatic rings. The van der Waals surface area contributed by atoms with Crippen LogP contribution in [0, 0.1) is 5.92 Å². The maximum Gasteiger partial charge on any atom is 0.243 e. The predicted molar refractivity (Wildman–Crippen MR) is 102 cm³/mol. The molecular formula is C19H23N3O4S. The summed E-state index contributed by atoms with van der Waals surface area (Å²) in [7, 11) is -2.41. The van der Waals surface area contributed by atoms with Gasteiger partial charge in [-0.15, -0.1) is 0 Å².